The van der Waals surface area contributed by atoms with Crippen LogP contribution >= 0.6 is 34.4 Å². The van der Waals surface area contributed by atoms with Crippen molar-refractivity contribution in [3.63, 3.8) is 0 Å². The van der Waals surface area contributed by atoms with Crippen LogP contribution in [0.5, 0.6) is 0 Å². The lowest BCUT2D eigenvalue weighted by molar-refractivity contribution is -0.113. The molecule has 2 aliphatic rings. The number of hydrogen-bond acceptors (Lipinski definition) is 8. The first-order valence-electron chi connectivity index (χ1n) is 12.7. The normalized spacial score (nSPS) is 17.2. The number of thioether (sulfide) groups is 1. The van der Waals surface area contributed by atoms with Gasteiger partial charge in [-0.1, -0.05) is 25.1 Å². The van der Waals surface area contributed by atoms with Crippen molar-refractivity contribution in [1.82, 2.24) is 14.8 Å². The Morgan fingerprint density at radius 1 is 1.17 bits per heavy atom. The van der Waals surface area contributed by atoms with Gasteiger partial charge >= 0.3 is 5.97 Å². The first-order chi connectivity index (χ1) is 17.5. The van der Waals surface area contributed by atoms with Crippen molar-refractivity contribution < 1.29 is 14.3 Å². The zero-order valence-corrected chi connectivity index (χ0v) is 23.5. The molecule has 3 aromatic rings. The summed E-state index contributed by atoms with van der Waals surface area (Å²) in [6.45, 7) is 4.43. The number of aromatic nitrogens is 3. The molecule has 192 valence electrons. The van der Waals surface area contributed by atoms with E-state index >= 15 is 0 Å². The second kappa shape index (κ2) is 11.1. The van der Waals surface area contributed by atoms with E-state index in [4.69, 9.17) is 4.74 Å². The minimum atomic E-state index is -0.341. The monoisotopic (exact) mass is 544 g/mol. The molecule has 0 fully saturated rings. The molecule has 1 amide bonds. The highest BCUT2D eigenvalue weighted by Crippen LogP contribution is 2.39. The van der Waals surface area contributed by atoms with E-state index in [0.29, 0.717) is 22.3 Å². The average molecular weight is 545 g/mol. The minimum Gasteiger partial charge on any atom is -0.462 e. The van der Waals surface area contributed by atoms with Crippen molar-refractivity contribution in [2.45, 2.75) is 70.4 Å². The number of carbonyl (C=O) groups is 2. The summed E-state index contributed by atoms with van der Waals surface area (Å²) in [6, 6.07) is 0. The van der Waals surface area contributed by atoms with Crippen LogP contribution in [0.25, 0.3) is 11.4 Å². The fourth-order valence-electron chi connectivity index (χ4n) is 5.08. The van der Waals surface area contributed by atoms with Gasteiger partial charge in [0.2, 0.25) is 5.91 Å². The predicted octanol–water partition coefficient (Wildman–Crippen LogP) is 5.91. The van der Waals surface area contributed by atoms with Crippen LogP contribution in [0.15, 0.2) is 10.5 Å². The maximum Gasteiger partial charge on any atom is 0.341 e. The van der Waals surface area contributed by atoms with E-state index in [1.165, 1.54) is 50.4 Å². The Balaban J connectivity index is 1.29. The van der Waals surface area contributed by atoms with Crippen molar-refractivity contribution in [1.29, 1.82) is 0 Å². The zero-order valence-electron chi connectivity index (χ0n) is 21.0. The first-order valence-corrected chi connectivity index (χ1v) is 15.4. The molecular weight excluding hydrogens is 513 g/mol. The molecule has 0 radical (unpaired) electrons. The van der Waals surface area contributed by atoms with E-state index in [0.717, 1.165) is 62.3 Å². The summed E-state index contributed by atoms with van der Waals surface area (Å²) < 4.78 is 7.32. The summed E-state index contributed by atoms with van der Waals surface area (Å²) >= 11 is 4.71. The van der Waals surface area contributed by atoms with Gasteiger partial charge in [-0.3, -0.25) is 4.79 Å². The van der Waals surface area contributed by atoms with Gasteiger partial charge in [-0.25, -0.2) is 4.79 Å². The molecule has 1 unspecified atom stereocenters. The lowest BCUT2D eigenvalue weighted by Gasteiger charge is -2.18. The Bertz CT molecular complexity index is 1280. The van der Waals surface area contributed by atoms with Crippen molar-refractivity contribution in [2.24, 2.45) is 13.0 Å². The molecule has 5 rings (SSSR count). The van der Waals surface area contributed by atoms with Gasteiger partial charge in [-0.2, -0.15) is 0 Å². The fraction of sp³-hybridized carbons (Fsp3) is 0.538. The van der Waals surface area contributed by atoms with Gasteiger partial charge in [-0.15, -0.1) is 32.9 Å². The molecule has 2 aliphatic carbocycles. The molecule has 0 saturated heterocycles. The number of nitrogens with one attached hydrogen (secondary N) is 1. The third-order valence-electron chi connectivity index (χ3n) is 6.96. The minimum absolute atomic E-state index is 0.159. The van der Waals surface area contributed by atoms with Crippen LogP contribution in [0.1, 0.15) is 70.8 Å². The van der Waals surface area contributed by atoms with Gasteiger partial charge in [0.05, 0.1) is 17.9 Å². The lowest BCUT2D eigenvalue weighted by Crippen LogP contribution is -2.17. The summed E-state index contributed by atoms with van der Waals surface area (Å²) in [4.78, 5) is 28.4. The Labute approximate surface area is 224 Å². The molecule has 36 heavy (non-hydrogen) atoms. The SMILES string of the molecule is CCOC(=O)c1c(NC(=O)CSc2nnc(-c3csc4c3CCC(C)C4)n2C)sc2c1CCCCC2. The van der Waals surface area contributed by atoms with Crippen molar-refractivity contribution in [3.8, 4) is 11.4 Å². The molecule has 10 heteroatoms. The maximum atomic E-state index is 12.9. The van der Waals surface area contributed by atoms with Crippen molar-refractivity contribution in [3.05, 3.63) is 31.8 Å². The number of thiophene rings is 2. The summed E-state index contributed by atoms with van der Waals surface area (Å²) in [6.07, 6.45) is 8.56. The van der Waals surface area contributed by atoms with Gasteiger partial charge in [0.25, 0.3) is 0 Å². The average Bonchev–Trinajstić information content (AvgIpc) is 3.47. The number of ether oxygens (including phenoxy) is 1. The zero-order chi connectivity index (χ0) is 25.2. The number of nitrogens with zero attached hydrogens (tertiary/aromatic N) is 3. The summed E-state index contributed by atoms with van der Waals surface area (Å²) in [5.41, 5.74) is 4.19. The molecule has 0 aromatic carbocycles. The number of fused-ring (bicyclic) bond motifs is 2. The van der Waals surface area contributed by atoms with E-state index in [1.54, 1.807) is 6.92 Å². The van der Waals surface area contributed by atoms with E-state index in [9.17, 15) is 9.59 Å². The third-order valence-corrected chi connectivity index (χ3v) is 10.2. The number of esters is 1. The first kappa shape index (κ1) is 25.5. The van der Waals surface area contributed by atoms with E-state index in [2.05, 4.69) is 27.8 Å². The Hall–Kier alpha value is -2.17. The van der Waals surface area contributed by atoms with Crippen molar-refractivity contribution in [2.75, 3.05) is 17.7 Å². The lowest BCUT2D eigenvalue weighted by atomic mass is 9.88. The quantitative estimate of drug-likeness (QED) is 0.226. The second-order valence-electron chi connectivity index (χ2n) is 9.59. The highest BCUT2D eigenvalue weighted by Gasteiger charge is 2.27. The molecule has 0 bridgehead atoms. The fourth-order valence-corrected chi connectivity index (χ4v) is 8.33. The van der Waals surface area contributed by atoms with Crippen LogP contribution in [0.3, 0.4) is 0 Å². The molecular formula is C26H32N4O3S3. The standard InChI is InChI=1S/C26H32N4O3S3/c1-4-33-25(32)22-17-8-6-5-7-9-19(17)36-24(22)27-21(31)14-35-26-29-28-23(30(26)3)18-13-34-20-12-15(2)10-11-16(18)20/h13,15H,4-12,14H2,1-3H3,(H,27,31). The number of rotatable bonds is 7. The van der Waals surface area contributed by atoms with Gasteiger partial charge in [0.15, 0.2) is 11.0 Å². The maximum absolute atomic E-state index is 12.9. The smallest absolute Gasteiger partial charge is 0.341 e. The topological polar surface area (TPSA) is 86.1 Å². The van der Waals surface area contributed by atoms with E-state index in [1.807, 2.05) is 23.0 Å². The summed E-state index contributed by atoms with van der Waals surface area (Å²) in [5, 5.41) is 15.4. The predicted molar refractivity (Wildman–Crippen MR) is 146 cm³/mol. The van der Waals surface area contributed by atoms with Gasteiger partial charge < -0.3 is 14.6 Å². The molecule has 3 aromatic heterocycles. The molecule has 0 saturated carbocycles. The van der Waals surface area contributed by atoms with E-state index in [-0.39, 0.29) is 17.6 Å². The molecule has 3 heterocycles. The number of hydrogen-bond donors (Lipinski definition) is 1. The van der Waals surface area contributed by atoms with Crippen LogP contribution in [0, 0.1) is 5.92 Å². The largest absolute Gasteiger partial charge is 0.462 e. The third kappa shape index (κ3) is 5.13. The Kier molecular flexibility index (Phi) is 7.83. The number of aryl methyl sites for hydroxylation is 1. The molecule has 0 aliphatic heterocycles. The second-order valence-corrected chi connectivity index (χ2v) is 12.6. The van der Waals surface area contributed by atoms with Crippen LogP contribution in [-0.2, 0) is 42.3 Å². The molecule has 1 atom stereocenters. The van der Waals surface area contributed by atoms with Gasteiger partial charge in [-0.05, 0) is 68.9 Å². The Morgan fingerprint density at radius 2 is 2.00 bits per heavy atom. The highest BCUT2D eigenvalue weighted by atomic mass is 32.2. The number of anilines is 1. The van der Waals surface area contributed by atoms with Crippen LogP contribution in [0.2, 0.25) is 0 Å². The van der Waals surface area contributed by atoms with Crippen LogP contribution in [-0.4, -0.2) is 39.0 Å². The van der Waals surface area contributed by atoms with Crippen molar-refractivity contribution >= 4 is 51.3 Å². The molecule has 7 nitrogen and oxygen atoms in total. The number of amides is 1. The van der Waals surface area contributed by atoms with E-state index < -0.39 is 0 Å². The summed E-state index contributed by atoms with van der Waals surface area (Å²) in [7, 11) is 1.96. The Morgan fingerprint density at radius 3 is 2.83 bits per heavy atom. The number of carbonyl (C=O) groups excluding carboxylic acids is 2. The van der Waals surface area contributed by atoms with Crippen LogP contribution in [0.4, 0.5) is 5.00 Å². The molecule has 1 N–H and O–H groups in total. The summed E-state index contributed by atoms with van der Waals surface area (Å²) in [5.74, 6) is 1.28. The van der Waals surface area contributed by atoms with Gasteiger partial charge in [0.1, 0.15) is 5.00 Å². The highest BCUT2D eigenvalue weighted by molar-refractivity contribution is 7.99. The molecule has 0 spiro atoms. The van der Waals surface area contributed by atoms with Crippen LogP contribution < -0.4 is 5.32 Å². The van der Waals surface area contributed by atoms with Gasteiger partial charge in [0, 0.05) is 27.7 Å².